The van der Waals surface area contributed by atoms with Crippen LogP contribution in [0.3, 0.4) is 0 Å². The number of piperidine rings is 1. The maximum Gasteiger partial charge on any atom is 0.304 e. The van der Waals surface area contributed by atoms with Gasteiger partial charge in [0.15, 0.2) is 0 Å². The molecule has 1 fully saturated rings. The van der Waals surface area contributed by atoms with Gasteiger partial charge in [0.05, 0.1) is 13.0 Å². The molecule has 30 heavy (non-hydrogen) atoms. The van der Waals surface area contributed by atoms with Crippen LogP contribution in [0, 0.1) is 0 Å². The molecule has 0 aliphatic carbocycles. The molecule has 0 saturated carbocycles. The van der Waals surface area contributed by atoms with Gasteiger partial charge in [0, 0.05) is 43.2 Å². The second kappa shape index (κ2) is 9.17. The topological polar surface area (TPSA) is 49.8 Å². The SMILES string of the molecule is O=C(O)CCN1CCC2(CC1)COc1cc(SCc3c(Cl)cc(Cl)cc3Cl)ccc12. The molecule has 8 heteroatoms. The molecular formula is C22H22Cl3NO3S. The highest BCUT2D eigenvalue weighted by Crippen LogP contribution is 2.47. The van der Waals surface area contributed by atoms with Crippen molar-refractivity contribution in [1.82, 2.24) is 4.90 Å². The first-order valence-electron chi connectivity index (χ1n) is 9.84. The van der Waals surface area contributed by atoms with Gasteiger partial charge in [-0.1, -0.05) is 40.9 Å². The molecule has 4 rings (SSSR count). The largest absolute Gasteiger partial charge is 0.492 e. The van der Waals surface area contributed by atoms with Gasteiger partial charge in [0.25, 0.3) is 0 Å². The number of carbonyl (C=O) groups is 1. The molecule has 0 radical (unpaired) electrons. The van der Waals surface area contributed by atoms with E-state index in [1.165, 1.54) is 5.56 Å². The standard InChI is InChI=1S/C22H22Cl3NO3S/c23-14-9-18(24)16(19(25)10-14)12-30-15-1-2-17-20(11-15)29-13-22(17)4-7-26(8-5-22)6-3-21(27)28/h1-2,9-11H,3-8,12-13H2,(H,27,28). The summed E-state index contributed by atoms with van der Waals surface area (Å²) in [6, 6.07) is 9.84. The van der Waals surface area contributed by atoms with Crippen molar-refractivity contribution in [2.75, 3.05) is 26.2 Å². The molecule has 2 aliphatic rings. The van der Waals surface area contributed by atoms with Crippen LogP contribution < -0.4 is 4.74 Å². The summed E-state index contributed by atoms with van der Waals surface area (Å²) in [6.07, 6.45) is 2.17. The Labute approximate surface area is 195 Å². The van der Waals surface area contributed by atoms with Gasteiger partial charge in [-0.3, -0.25) is 4.79 Å². The third-order valence-corrected chi connectivity index (χ3v) is 7.89. The third kappa shape index (κ3) is 4.71. The molecule has 2 aromatic carbocycles. The molecule has 1 N–H and O–H groups in total. The van der Waals surface area contributed by atoms with E-state index in [4.69, 9.17) is 44.6 Å². The third-order valence-electron chi connectivity index (χ3n) is 5.97. The predicted molar refractivity (Wildman–Crippen MR) is 123 cm³/mol. The van der Waals surface area contributed by atoms with E-state index in [1.54, 1.807) is 23.9 Å². The zero-order valence-electron chi connectivity index (χ0n) is 16.3. The number of thioether (sulfide) groups is 1. The number of rotatable bonds is 6. The number of benzene rings is 2. The Balaban J connectivity index is 1.41. The molecule has 2 aliphatic heterocycles. The van der Waals surface area contributed by atoms with Gasteiger partial charge >= 0.3 is 5.97 Å². The fraction of sp³-hybridized carbons (Fsp3) is 0.409. The number of ether oxygens (including phenoxy) is 1. The number of halogens is 3. The number of aliphatic carboxylic acids is 1. The van der Waals surface area contributed by atoms with E-state index in [1.807, 2.05) is 0 Å². The van der Waals surface area contributed by atoms with E-state index < -0.39 is 5.97 Å². The average molecular weight is 487 g/mol. The lowest BCUT2D eigenvalue weighted by molar-refractivity contribution is -0.137. The van der Waals surface area contributed by atoms with Crippen molar-refractivity contribution >= 4 is 52.5 Å². The van der Waals surface area contributed by atoms with E-state index in [9.17, 15) is 4.79 Å². The van der Waals surface area contributed by atoms with E-state index in [0.29, 0.717) is 34.0 Å². The quantitative estimate of drug-likeness (QED) is 0.497. The van der Waals surface area contributed by atoms with E-state index in [-0.39, 0.29) is 11.8 Å². The fourth-order valence-electron chi connectivity index (χ4n) is 4.18. The second-order valence-corrected chi connectivity index (χ2v) is 10.1. The summed E-state index contributed by atoms with van der Waals surface area (Å²) in [5, 5.41) is 10.6. The van der Waals surface area contributed by atoms with E-state index >= 15 is 0 Å². The van der Waals surface area contributed by atoms with Crippen LogP contribution >= 0.6 is 46.6 Å². The lowest BCUT2D eigenvalue weighted by Crippen LogP contribution is -2.44. The van der Waals surface area contributed by atoms with Crippen LogP contribution in [-0.2, 0) is 16.0 Å². The van der Waals surface area contributed by atoms with Gasteiger partial charge in [0.1, 0.15) is 5.75 Å². The van der Waals surface area contributed by atoms with Crippen molar-refractivity contribution in [2.24, 2.45) is 0 Å². The Morgan fingerprint density at radius 3 is 2.50 bits per heavy atom. The molecule has 160 valence electrons. The summed E-state index contributed by atoms with van der Waals surface area (Å²) in [6.45, 7) is 3.11. The van der Waals surface area contributed by atoms with E-state index in [2.05, 4.69) is 23.1 Å². The van der Waals surface area contributed by atoms with Crippen molar-refractivity contribution in [3.05, 3.63) is 56.5 Å². The Hall–Kier alpha value is -1.11. The average Bonchev–Trinajstić information content (AvgIpc) is 3.04. The zero-order chi connectivity index (χ0) is 21.3. The summed E-state index contributed by atoms with van der Waals surface area (Å²) in [4.78, 5) is 14.2. The summed E-state index contributed by atoms with van der Waals surface area (Å²) in [5.74, 6) is 0.862. The van der Waals surface area contributed by atoms with Gasteiger partial charge in [-0.25, -0.2) is 0 Å². The number of nitrogens with zero attached hydrogens (tertiary/aromatic N) is 1. The molecule has 0 atom stereocenters. The normalized spacial score (nSPS) is 17.7. The highest BCUT2D eigenvalue weighted by molar-refractivity contribution is 7.98. The molecule has 4 nitrogen and oxygen atoms in total. The Bertz CT molecular complexity index is 938. The van der Waals surface area contributed by atoms with Crippen molar-refractivity contribution in [1.29, 1.82) is 0 Å². The van der Waals surface area contributed by atoms with Gasteiger partial charge in [-0.05, 0) is 55.8 Å². The molecule has 0 amide bonds. The number of hydrogen-bond acceptors (Lipinski definition) is 4. The van der Waals surface area contributed by atoms with Crippen molar-refractivity contribution in [3.8, 4) is 5.75 Å². The van der Waals surface area contributed by atoms with Gasteiger partial charge in [-0.2, -0.15) is 0 Å². The highest BCUT2D eigenvalue weighted by Gasteiger charge is 2.43. The smallest absolute Gasteiger partial charge is 0.304 e. The summed E-state index contributed by atoms with van der Waals surface area (Å²) >= 11 is 20.3. The lowest BCUT2D eigenvalue weighted by atomic mass is 9.74. The maximum atomic E-state index is 10.8. The van der Waals surface area contributed by atoms with Crippen molar-refractivity contribution in [2.45, 2.75) is 35.3 Å². The van der Waals surface area contributed by atoms with Crippen LogP contribution in [0.2, 0.25) is 15.1 Å². The highest BCUT2D eigenvalue weighted by atomic mass is 35.5. The molecule has 2 heterocycles. The number of hydrogen-bond donors (Lipinski definition) is 1. The summed E-state index contributed by atoms with van der Waals surface area (Å²) in [5.41, 5.74) is 2.19. The zero-order valence-corrected chi connectivity index (χ0v) is 19.4. The summed E-state index contributed by atoms with van der Waals surface area (Å²) in [7, 11) is 0. The van der Waals surface area contributed by atoms with Crippen LogP contribution in [0.25, 0.3) is 0 Å². The summed E-state index contributed by atoms with van der Waals surface area (Å²) < 4.78 is 6.09. The second-order valence-electron chi connectivity index (χ2n) is 7.85. The number of fused-ring (bicyclic) bond motifs is 2. The first kappa shape index (κ1) is 22.1. The Morgan fingerprint density at radius 2 is 1.83 bits per heavy atom. The van der Waals surface area contributed by atoms with Gasteiger partial charge < -0.3 is 14.7 Å². The number of likely N-dealkylation sites (tertiary alicyclic amines) is 1. The Kier molecular flexibility index (Phi) is 6.76. The monoisotopic (exact) mass is 485 g/mol. The van der Waals surface area contributed by atoms with Gasteiger partial charge in [0.2, 0.25) is 0 Å². The maximum absolute atomic E-state index is 10.8. The van der Waals surface area contributed by atoms with Crippen LogP contribution in [-0.4, -0.2) is 42.2 Å². The molecule has 2 aromatic rings. The minimum absolute atomic E-state index is 0.0427. The lowest BCUT2D eigenvalue weighted by Gasteiger charge is -2.38. The molecular weight excluding hydrogens is 465 g/mol. The van der Waals surface area contributed by atoms with Gasteiger partial charge in [-0.15, -0.1) is 11.8 Å². The fourth-order valence-corrected chi connectivity index (χ4v) is 6.27. The number of carboxylic acids is 1. The van der Waals surface area contributed by atoms with Crippen molar-refractivity contribution in [3.63, 3.8) is 0 Å². The first-order valence-corrected chi connectivity index (χ1v) is 12.0. The molecule has 0 bridgehead atoms. The van der Waals surface area contributed by atoms with E-state index in [0.717, 1.165) is 42.1 Å². The molecule has 0 unspecified atom stereocenters. The Morgan fingerprint density at radius 1 is 1.13 bits per heavy atom. The van der Waals surface area contributed by atoms with Crippen molar-refractivity contribution < 1.29 is 14.6 Å². The first-order chi connectivity index (χ1) is 14.4. The molecule has 1 saturated heterocycles. The van der Waals surface area contributed by atoms with Crippen LogP contribution in [0.15, 0.2) is 35.2 Å². The molecule has 1 spiro atoms. The van der Waals surface area contributed by atoms with Crippen LogP contribution in [0.1, 0.15) is 30.4 Å². The van der Waals surface area contributed by atoms with Crippen LogP contribution in [0.5, 0.6) is 5.75 Å². The minimum atomic E-state index is -0.740. The van der Waals surface area contributed by atoms with Crippen LogP contribution in [0.4, 0.5) is 0 Å². The molecule has 0 aromatic heterocycles. The predicted octanol–water partition coefficient (Wildman–Crippen LogP) is 6.14. The minimum Gasteiger partial charge on any atom is -0.492 e. The number of carboxylic acid groups (broad SMARTS) is 1.